The number of aromatic nitrogens is 4. The zero-order valence-electron chi connectivity index (χ0n) is 21.2. The summed E-state index contributed by atoms with van der Waals surface area (Å²) in [5.74, 6) is 1.57. The van der Waals surface area contributed by atoms with E-state index in [2.05, 4.69) is 39.9 Å². The Morgan fingerprint density at radius 3 is 2.67 bits per heavy atom. The van der Waals surface area contributed by atoms with Crippen LogP contribution in [0.25, 0.3) is 11.3 Å². The maximum absolute atomic E-state index is 13.9. The van der Waals surface area contributed by atoms with E-state index in [4.69, 9.17) is 16.5 Å². The molecule has 0 aliphatic carbocycles. The zero-order valence-corrected chi connectivity index (χ0v) is 21.2. The molecule has 1 amide bonds. The SMILES string of the molecule is Cc1cc(-c2cn(CCNCC(C)C)c(C3CCN(c4ncnc(N)c4C(N)=O)CC3)n2)ccc1F. The van der Waals surface area contributed by atoms with Gasteiger partial charge in [0.25, 0.3) is 5.91 Å². The third kappa shape index (κ3) is 5.64. The van der Waals surface area contributed by atoms with E-state index in [0.717, 1.165) is 49.6 Å². The second-order valence-corrected chi connectivity index (χ2v) is 9.82. The van der Waals surface area contributed by atoms with E-state index in [1.54, 1.807) is 13.0 Å². The Kier molecular flexibility index (Phi) is 7.83. The number of nitrogens with zero attached hydrogens (tertiary/aromatic N) is 5. The van der Waals surface area contributed by atoms with Crippen molar-refractivity contribution in [3.8, 4) is 11.3 Å². The summed E-state index contributed by atoms with van der Waals surface area (Å²) < 4.78 is 16.1. The van der Waals surface area contributed by atoms with Crippen molar-refractivity contribution in [1.29, 1.82) is 0 Å². The summed E-state index contributed by atoms with van der Waals surface area (Å²) in [7, 11) is 0. The van der Waals surface area contributed by atoms with Crippen molar-refractivity contribution in [3.63, 3.8) is 0 Å². The number of rotatable bonds is 9. The molecule has 192 valence electrons. The van der Waals surface area contributed by atoms with Gasteiger partial charge in [-0.1, -0.05) is 13.8 Å². The molecule has 10 heteroatoms. The van der Waals surface area contributed by atoms with E-state index in [9.17, 15) is 9.18 Å². The smallest absolute Gasteiger partial charge is 0.256 e. The summed E-state index contributed by atoms with van der Waals surface area (Å²) in [6.07, 6.45) is 5.10. The Balaban J connectivity index is 1.55. The van der Waals surface area contributed by atoms with E-state index in [0.29, 0.717) is 30.4 Å². The molecule has 1 saturated heterocycles. The Morgan fingerprint density at radius 2 is 2.00 bits per heavy atom. The Bertz CT molecular complexity index is 1220. The number of aryl methyl sites for hydroxylation is 1. The van der Waals surface area contributed by atoms with Crippen LogP contribution in [-0.2, 0) is 6.54 Å². The van der Waals surface area contributed by atoms with E-state index in [1.165, 1.54) is 12.4 Å². The molecule has 1 aliphatic rings. The van der Waals surface area contributed by atoms with Gasteiger partial charge in [0.1, 0.15) is 35.2 Å². The van der Waals surface area contributed by atoms with E-state index in [-0.39, 0.29) is 23.1 Å². The standard InChI is InChI=1S/C26H35FN8O/c1-16(2)13-30-8-11-35-14-21(19-4-5-20(27)17(3)12-19)33-25(35)18-6-9-34(10-7-18)26-22(24(29)36)23(28)31-15-32-26/h4-5,12,14-16,18,30H,6-11,13H2,1-3H3,(H2,29,36)(H2,28,31,32). The normalized spacial score (nSPS) is 14.5. The monoisotopic (exact) mass is 494 g/mol. The van der Waals surface area contributed by atoms with Gasteiger partial charge in [-0.3, -0.25) is 4.79 Å². The summed E-state index contributed by atoms with van der Waals surface area (Å²) in [6.45, 7) is 10.1. The maximum atomic E-state index is 13.9. The largest absolute Gasteiger partial charge is 0.383 e. The predicted octanol–water partition coefficient (Wildman–Crippen LogP) is 3.10. The second-order valence-electron chi connectivity index (χ2n) is 9.82. The molecular formula is C26H35FN8O. The van der Waals surface area contributed by atoms with Crippen molar-refractivity contribution < 1.29 is 9.18 Å². The lowest BCUT2D eigenvalue weighted by Crippen LogP contribution is -2.36. The molecule has 0 unspecified atom stereocenters. The molecule has 9 nitrogen and oxygen atoms in total. The number of hydrogen-bond acceptors (Lipinski definition) is 7. The highest BCUT2D eigenvalue weighted by atomic mass is 19.1. The van der Waals surface area contributed by atoms with Gasteiger partial charge in [0.2, 0.25) is 0 Å². The van der Waals surface area contributed by atoms with Gasteiger partial charge in [-0.15, -0.1) is 0 Å². The first-order valence-electron chi connectivity index (χ1n) is 12.4. The number of nitrogens with two attached hydrogens (primary N) is 2. The summed E-state index contributed by atoms with van der Waals surface area (Å²) in [5.41, 5.74) is 14.0. The fraction of sp³-hybridized carbons (Fsp3) is 0.462. The van der Waals surface area contributed by atoms with Gasteiger partial charge in [0.15, 0.2) is 0 Å². The Morgan fingerprint density at radius 1 is 1.25 bits per heavy atom. The van der Waals surface area contributed by atoms with Crippen LogP contribution in [0.5, 0.6) is 0 Å². The van der Waals surface area contributed by atoms with E-state index >= 15 is 0 Å². The lowest BCUT2D eigenvalue weighted by molar-refractivity contribution is 0.100. The van der Waals surface area contributed by atoms with Gasteiger partial charge < -0.3 is 26.3 Å². The molecule has 1 aromatic carbocycles. The van der Waals surface area contributed by atoms with Gasteiger partial charge in [-0.2, -0.15) is 0 Å². The first-order valence-corrected chi connectivity index (χ1v) is 12.4. The average Bonchev–Trinajstić information content (AvgIpc) is 3.27. The molecule has 1 fully saturated rings. The average molecular weight is 495 g/mol. The van der Waals surface area contributed by atoms with Gasteiger partial charge in [-0.05, 0) is 56.0 Å². The van der Waals surface area contributed by atoms with Crippen LogP contribution in [0.4, 0.5) is 16.0 Å². The summed E-state index contributed by atoms with van der Waals surface area (Å²) in [5, 5.41) is 3.50. The molecule has 0 spiro atoms. The number of carbonyl (C=O) groups excluding carboxylic acids is 1. The first kappa shape index (κ1) is 25.6. The van der Waals surface area contributed by atoms with Crippen LogP contribution in [0, 0.1) is 18.7 Å². The quantitative estimate of drug-likeness (QED) is 0.390. The van der Waals surface area contributed by atoms with Crippen molar-refractivity contribution >= 4 is 17.5 Å². The molecule has 3 aromatic rings. The van der Waals surface area contributed by atoms with Crippen molar-refractivity contribution in [1.82, 2.24) is 24.8 Å². The molecule has 0 atom stereocenters. The first-order chi connectivity index (χ1) is 17.2. The summed E-state index contributed by atoms with van der Waals surface area (Å²) in [4.78, 5) is 27.2. The number of nitrogens with one attached hydrogen (secondary N) is 1. The minimum absolute atomic E-state index is 0.0956. The predicted molar refractivity (Wildman–Crippen MR) is 139 cm³/mol. The van der Waals surface area contributed by atoms with Crippen LogP contribution in [0.2, 0.25) is 0 Å². The van der Waals surface area contributed by atoms with Crippen molar-refractivity contribution in [3.05, 3.63) is 53.5 Å². The topological polar surface area (TPSA) is 128 Å². The minimum Gasteiger partial charge on any atom is -0.383 e. The molecule has 1 aliphatic heterocycles. The maximum Gasteiger partial charge on any atom is 0.256 e. The number of hydrogen-bond donors (Lipinski definition) is 3. The van der Waals surface area contributed by atoms with Gasteiger partial charge >= 0.3 is 0 Å². The lowest BCUT2D eigenvalue weighted by Gasteiger charge is -2.33. The molecule has 3 heterocycles. The molecule has 2 aromatic heterocycles. The van der Waals surface area contributed by atoms with Crippen LogP contribution in [-0.4, -0.2) is 51.6 Å². The van der Waals surface area contributed by atoms with Gasteiger partial charge in [0, 0.05) is 43.9 Å². The van der Waals surface area contributed by atoms with Crippen LogP contribution < -0.4 is 21.7 Å². The second kappa shape index (κ2) is 11.0. The number of piperidine rings is 1. The highest BCUT2D eigenvalue weighted by molar-refractivity contribution is 6.01. The number of carbonyl (C=O) groups is 1. The van der Waals surface area contributed by atoms with Gasteiger partial charge in [0.05, 0.1) is 5.69 Å². The Labute approximate surface area is 211 Å². The fourth-order valence-electron chi connectivity index (χ4n) is 4.68. The highest BCUT2D eigenvalue weighted by Crippen LogP contribution is 2.33. The molecule has 0 radical (unpaired) electrons. The minimum atomic E-state index is -0.631. The third-order valence-electron chi connectivity index (χ3n) is 6.61. The van der Waals surface area contributed by atoms with Gasteiger partial charge in [-0.25, -0.2) is 19.3 Å². The molecular weight excluding hydrogens is 459 g/mol. The van der Waals surface area contributed by atoms with Crippen LogP contribution in [0.1, 0.15) is 54.4 Å². The van der Waals surface area contributed by atoms with Crippen LogP contribution >= 0.6 is 0 Å². The molecule has 0 saturated carbocycles. The number of imidazole rings is 1. The van der Waals surface area contributed by atoms with E-state index in [1.807, 2.05) is 11.0 Å². The molecule has 36 heavy (non-hydrogen) atoms. The number of benzene rings is 1. The van der Waals surface area contributed by atoms with Crippen molar-refractivity contribution in [2.75, 3.05) is 36.8 Å². The third-order valence-corrected chi connectivity index (χ3v) is 6.61. The van der Waals surface area contributed by atoms with E-state index < -0.39 is 5.91 Å². The fourth-order valence-corrected chi connectivity index (χ4v) is 4.68. The number of amides is 1. The molecule has 4 rings (SSSR count). The summed E-state index contributed by atoms with van der Waals surface area (Å²) in [6, 6.07) is 5.12. The lowest BCUT2D eigenvalue weighted by atomic mass is 9.95. The highest BCUT2D eigenvalue weighted by Gasteiger charge is 2.28. The van der Waals surface area contributed by atoms with Crippen LogP contribution in [0.15, 0.2) is 30.7 Å². The zero-order chi connectivity index (χ0) is 25.8. The Hall–Kier alpha value is -3.53. The van der Waals surface area contributed by atoms with Crippen molar-refractivity contribution in [2.24, 2.45) is 11.7 Å². The number of anilines is 2. The molecule has 5 N–H and O–H groups in total. The van der Waals surface area contributed by atoms with Crippen LogP contribution in [0.3, 0.4) is 0 Å². The number of nitrogen functional groups attached to an aromatic ring is 1. The number of halogens is 1. The molecule has 0 bridgehead atoms. The number of primary amides is 1. The van der Waals surface area contributed by atoms with Crippen molar-refractivity contribution in [2.45, 2.75) is 46.1 Å². The summed E-state index contributed by atoms with van der Waals surface area (Å²) >= 11 is 0.